The van der Waals surface area contributed by atoms with Crippen molar-refractivity contribution in [1.82, 2.24) is 14.8 Å². The zero-order valence-corrected chi connectivity index (χ0v) is 13.5. The Morgan fingerprint density at radius 3 is 2.77 bits per heavy atom. The van der Waals surface area contributed by atoms with Crippen LogP contribution < -0.4 is 0 Å². The number of nitrogens with zero attached hydrogens (tertiary/aromatic N) is 3. The minimum atomic E-state index is -0.958. The Morgan fingerprint density at radius 1 is 1.50 bits per heavy atom. The quantitative estimate of drug-likeness (QED) is 0.789. The fourth-order valence-corrected chi connectivity index (χ4v) is 3.25. The number of aliphatic hydroxyl groups excluding tert-OH is 1. The largest absolute Gasteiger partial charge is 0.480 e. The molecule has 122 valence electrons. The van der Waals surface area contributed by atoms with Gasteiger partial charge in [-0.3, -0.25) is 0 Å². The van der Waals surface area contributed by atoms with Crippen LogP contribution in [0.3, 0.4) is 0 Å². The van der Waals surface area contributed by atoms with Crippen molar-refractivity contribution >= 4 is 23.3 Å². The smallest absolute Gasteiger partial charge is 0.326 e. The molecule has 1 saturated heterocycles. The molecule has 0 aromatic carbocycles. The maximum atomic E-state index is 12.5. The van der Waals surface area contributed by atoms with Crippen LogP contribution in [0.4, 0.5) is 4.79 Å². The van der Waals surface area contributed by atoms with E-state index in [9.17, 15) is 14.7 Å². The summed E-state index contributed by atoms with van der Waals surface area (Å²) < 4.78 is 0. The molecule has 0 spiro atoms. The number of thiazole rings is 1. The molecular weight excluding hydrogens is 306 g/mol. The second-order valence-corrected chi connectivity index (χ2v) is 6.40. The van der Waals surface area contributed by atoms with E-state index in [1.54, 1.807) is 4.90 Å². The van der Waals surface area contributed by atoms with Gasteiger partial charge in [-0.1, -0.05) is 20.3 Å². The van der Waals surface area contributed by atoms with E-state index < -0.39 is 12.0 Å². The highest BCUT2D eigenvalue weighted by Crippen LogP contribution is 2.22. The summed E-state index contributed by atoms with van der Waals surface area (Å²) in [7, 11) is 0. The van der Waals surface area contributed by atoms with Crippen molar-refractivity contribution in [2.24, 2.45) is 5.92 Å². The molecule has 2 amide bonds. The summed E-state index contributed by atoms with van der Waals surface area (Å²) in [5, 5.41) is 20.9. The van der Waals surface area contributed by atoms with Gasteiger partial charge in [-0.25, -0.2) is 14.6 Å². The Hall–Kier alpha value is -1.67. The Labute approximate surface area is 133 Å². The van der Waals surface area contributed by atoms with Crippen molar-refractivity contribution in [2.75, 3.05) is 13.1 Å². The molecule has 7 nitrogen and oxygen atoms in total. The number of aromatic nitrogens is 1. The van der Waals surface area contributed by atoms with E-state index in [4.69, 9.17) is 5.11 Å². The SMILES string of the molecule is CC[C@H](C)[C@@H](C(=O)O)N1CCN(Cc2csc(CO)n2)C1=O. The summed E-state index contributed by atoms with van der Waals surface area (Å²) in [6.45, 7) is 4.91. The van der Waals surface area contributed by atoms with Gasteiger partial charge in [0.15, 0.2) is 0 Å². The average molecular weight is 327 g/mol. The topological polar surface area (TPSA) is 94.0 Å². The molecule has 0 radical (unpaired) electrons. The van der Waals surface area contributed by atoms with Crippen molar-refractivity contribution in [2.45, 2.75) is 39.5 Å². The lowest BCUT2D eigenvalue weighted by Crippen LogP contribution is -2.47. The third-order valence-corrected chi connectivity index (χ3v) is 4.87. The first-order chi connectivity index (χ1) is 10.5. The Morgan fingerprint density at radius 2 is 2.23 bits per heavy atom. The molecule has 2 heterocycles. The number of amides is 2. The first kappa shape index (κ1) is 16.7. The fraction of sp³-hybridized carbons (Fsp3) is 0.643. The molecule has 0 unspecified atom stereocenters. The van der Waals surface area contributed by atoms with Crippen LogP contribution >= 0.6 is 11.3 Å². The summed E-state index contributed by atoms with van der Waals surface area (Å²) in [4.78, 5) is 31.2. The number of hydrogen-bond donors (Lipinski definition) is 2. The monoisotopic (exact) mass is 327 g/mol. The second-order valence-electron chi connectivity index (χ2n) is 5.46. The van der Waals surface area contributed by atoms with Crippen LogP contribution in [0.1, 0.15) is 31.0 Å². The number of hydrogen-bond acceptors (Lipinski definition) is 5. The number of carboxylic acids is 1. The molecule has 0 bridgehead atoms. The maximum Gasteiger partial charge on any atom is 0.326 e. The molecular formula is C14H21N3O4S. The van der Waals surface area contributed by atoms with E-state index in [-0.39, 0.29) is 18.6 Å². The van der Waals surface area contributed by atoms with Gasteiger partial charge in [-0.2, -0.15) is 0 Å². The molecule has 1 fully saturated rings. The number of aliphatic hydroxyl groups is 1. The van der Waals surface area contributed by atoms with Crippen molar-refractivity contribution in [3.8, 4) is 0 Å². The maximum absolute atomic E-state index is 12.5. The van der Waals surface area contributed by atoms with E-state index in [2.05, 4.69) is 4.98 Å². The molecule has 0 aliphatic carbocycles. The summed E-state index contributed by atoms with van der Waals surface area (Å²) in [5.41, 5.74) is 0.722. The van der Waals surface area contributed by atoms with Crippen LogP contribution in [-0.2, 0) is 17.9 Å². The first-order valence-corrected chi connectivity index (χ1v) is 8.18. The van der Waals surface area contributed by atoms with E-state index >= 15 is 0 Å². The number of carbonyl (C=O) groups is 2. The number of urea groups is 1. The van der Waals surface area contributed by atoms with Gasteiger partial charge in [0, 0.05) is 18.5 Å². The van der Waals surface area contributed by atoms with Gasteiger partial charge in [0.1, 0.15) is 11.0 Å². The third kappa shape index (κ3) is 3.38. The summed E-state index contributed by atoms with van der Waals surface area (Å²) in [6.07, 6.45) is 0.701. The van der Waals surface area contributed by atoms with Crippen LogP contribution in [0.2, 0.25) is 0 Å². The molecule has 1 aliphatic rings. The highest BCUT2D eigenvalue weighted by atomic mass is 32.1. The highest BCUT2D eigenvalue weighted by Gasteiger charge is 2.39. The molecule has 2 rings (SSSR count). The predicted molar refractivity (Wildman–Crippen MR) is 81.4 cm³/mol. The van der Waals surface area contributed by atoms with Crippen LogP contribution in [-0.4, -0.2) is 56.1 Å². The number of carboxylic acid groups (broad SMARTS) is 1. The number of carbonyl (C=O) groups excluding carboxylic acids is 1. The van der Waals surface area contributed by atoms with Gasteiger partial charge in [0.05, 0.1) is 18.8 Å². The number of rotatable bonds is 7. The van der Waals surface area contributed by atoms with Gasteiger partial charge in [0.2, 0.25) is 0 Å². The van der Waals surface area contributed by atoms with Gasteiger partial charge < -0.3 is 20.0 Å². The lowest BCUT2D eigenvalue weighted by atomic mass is 9.98. The normalized spacial score (nSPS) is 17.9. The molecule has 1 aliphatic heterocycles. The molecule has 8 heteroatoms. The van der Waals surface area contributed by atoms with E-state index in [0.29, 0.717) is 31.1 Å². The summed E-state index contributed by atoms with van der Waals surface area (Å²) >= 11 is 1.35. The van der Waals surface area contributed by atoms with Crippen molar-refractivity contribution < 1.29 is 19.8 Å². The van der Waals surface area contributed by atoms with E-state index in [0.717, 1.165) is 5.69 Å². The van der Waals surface area contributed by atoms with Crippen molar-refractivity contribution in [3.63, 3.8) is 0 Å². The minimum Gasteiger partial charge on any atom is -0.480 e. The van der Waals surface area contributed by atoms with E-state index in [1.165, 1.54) is 16.2 Å². The molecule has 2 atom stereocenters. The zero-order chi connectivity index (χ0) is 16.3. The predicted octanol–water partition coefficient (Wildman–Crippen LogP) is 1.37. The second kappa shape index (κ2) is 7.06. The fourth-order valence-electron chi connectivity index (χ4n) is 2.60. The standard InChI is InChI=1S/C14H21N3O4S/c1-3-9(2)12(13(19)20)17-5-4-16(14(17)21)6-10-8-22-11(7-18)15-10/h8-9,12,18H,3-7H2,1-2H3,(H,19,20)/t9-,12-/m0/s1. The Balaban J connectivity index is 2.06. The van der Waals surface area contributed by atoms with Crippen LogP contribution in [0.15, 0.2) is 5.38 Å². The molecule has 0 saturated carbocycles. The highest BCUT2D eigenvalue weighted by molar-refractivity contribution is 7.09. The third-order valence-electron chi connectivity index (χ3n) is 3.99. The molecule has 1 aromatic heterocycles. The molecule has 1 aromatic rings. The Kier molecular flexibility index (Phi) is 5.36. The Bertz CT molecular complexity index is 548. The molecule has 2 N–H and O–H groups in total. The van der Waals surface area contributed by atoms with Crippen LogP contribution in [0.5, 0.6) is 0 Å². The summed E-state index contributed by atoms with van der Waals surface area (Å²) in [6, 6.07) is -1.04. The van der Waals surface area contributed by atoms with Crippen LogP contribution in [0, 0.1) is 5.92 Å². The van der Waals surface area contributed by atoms with Crippen molar-refractivity contribution in [3.05, 3.63) is 16.1 Å². The first-order valence-electron chi connectivity index (χ1n) is 7.30. The lowest BCUT2D eigenvalue weighted by Gasteiger charge is -2.28. The minimum absolute atomic E-state index is 0.0957. The van der Waals surface area contributed by atoms with E-state index in [1.807, 2.05) is 19.2 Å². The summed E-state index contributed by atoms with van der Waals surface area (Å²) in [5.74, 6) is -1.05. The molecule has 22 heavy (non-hydrogen) atoms. The zero-order valence-electron chi connectivity index (χ0n) is 12.7. The van der Waals surface area contributed by atoms with Crippen LogP contribution in [0.25, 0.3) is 0 Å². The average Bonchev–Trinajstić information content (AvgIpc) is 3.08. The lowest BCUT2D eigenvalue weighted by molar-refractivity contribution is -0.143. The number of aliphatic carboxylic acids is 1. The van der Waals surface area contributed by atoms with Gasteiger partial charge in [-0.05, 0) is 5.92 Å². The van der Waals surface area contributed by atoms with Crippen molar-refractivity contribution in [1.29, 1.82) is 0 Å². The van der Waals surface area contributed by atoms with Gasteiger partial charge >= 0.3 is 12.0 Å². The van der Waals surface area contributed by atoms with Gasteiger partial charge in [-0.15, -0.1) is 11.3 Å². The van der Waals surface area contributed by atoms with Gasteiger partial charge in [0.25, 0.3) is 0 Å².